The van der Waals surface area contributed by atoms with E-state index in [1.54, 1.807) is 0 Å². The molecule has 0 aliphatic carbocycles. The molecule has 8 heteroatoms. The van der Waals surface area contributed by atoms with Gasteiger partial charge in [-0.3, -0.25) is 14.9 Å². The fourth-order valence-corrected chi connectivity index (χ4v) is 3.01. The zero-order valence-electron chi connectivity index (χ0n) is 10.4. The largest absolute Gasteiger partial charge is 0.500 e. The van der Waals surface area contributed by atoms with Crippen LogP contribution in [-0.4, -0.2) is 48.5 Å². The minimum atomic E-state index is -2.62. The molecular formula is C9H20N2O5Si. The molecule has 0 rings (SSSR count). The van der Waals surface area contributed by atoms with Crippen molar-refractivity contribution in [2.75, 3.05) is 27.9 Å². The van der Waals surface area contributed by atoms with E-state index >= 15 is 0 Å². The van der Waals surface area contributed by atoms with Crippen molar-refractivity contribution in [3.63, 3.8) is 0 Å². The molecule has 100 valence electrons. The molecule has 0 bridgehead atoms. The third kappa shape index (κ3) is 5.89. The van der Waals surface area contributed by atoms with Crippen LogP contribution >= 0.6 is 0 Å². The molecule has 0 spiro atoms. The summed E-state index contributed by atoms with van der Waals surface area (Å²) in [4.78, 5) is 22.1. The van der Waals surface area contributed by atoms with E-state index in [1.165, 1.54) is 21.3 Å². The van der Waals surface area contributed by atoms with E-state index < -0.39 is 14.7 Å². The van der Waals surface area contributed by atoms with E-state index in [0.717, 1.165) is 0 Å². The van der Waals surface area contributed by atoms with Crippen LogP contribution in [-0.2, 0) is 22.9 Å². The second kappa shape index (κ2) is 8.31. The number of imide groups is 1. The van der Waals surface area contributed by atoms with Gasteiger partial charge in [0, 0.05) is 33.8 Å². The predicted molar refractivity (Wildman–Crippen MR) is 63.0 cm³/mol. The van der Waals surface area contributed by atoms with Crippen molar-refractivity contribution >= 4 is 20.6 Å². The molecule has 2 amide bonds. The van der Waals surface area contributed by atoms with Gasteiger partial charge in [0.1, 0.15) is 0 Å². The number of rotatable bonds is 8. The third-order valence-electron chi connectivity index (χ3n) is 2.28. The van der Waals surface area contributed by atoms with Gasteiger partial charge in [-0.25, -0.2) is 0 Å². The molecule has 0 radical (unpaired) electrons. The second-order valence-electron chi connectivity index (χ2n) is 3.32. The van der Waals surface area contributed by atoms with Gasteiger partial charge in [0.25, 0.3) is 0 Å². The minimum Gasteiger partial charge on any atom is -0.377 e. The Kier molecular flexibility index (Phi) is 7.92. The van der Waals surface area contributed by atoms with Crippen LogP contribution in [0.4, 0.5) is 0 Å². The van der Waals surface area contributed by atoms with E-state index in [2.05, 4.69) is 5.32 Å². The first-order valence-electron chi connectivity index (χ1n) is 5.21. The monoisotopic (exact) mass is 264 g/mol. The highest BCUT2D eigenvalue weighted by Crippen LogP contribution is 2.16. The molecule has 0 unspecified atom stereocenters. The number of nitrogens with one attached hydrogen (secondary N) is 1. The van der Waals surface area contributed by atoms with Gasteiger partial charge in [-0.05, 0) is 6.42 Å². The summed E-state index contributed by atoms with van der Waals surface area (Å²) in [7, 11) is 1.91. The van der Waals surface area contributed by atoms with Crippen molar-refractivity contribution in [2.45, 2.75) is 18.9 Å². The number of hydrogen-bond acceptors (Lipinski definition) is 6. The molecule has 0 aromatic carbocycles. The molecule has 17 heavy (non-hydrogen) atoms. The van der Waals surface area contributed by atoms with Gasteiger partial charge in [0.05, 0.1) is 6.54 Å². The molecule has 0 atom stereocenters. The van der Waals surface area contributed by atoms with Crippen molar-refractivity contribution in [1.29, 1.82) is 0 Å². The summed E-state index contributed by atoms with van der Waals surface area (Å²) in [6.45, 7) is -0.196. The Morgan fingerprint density at radius 3 is 2.06 bits per heavy atom. The van der Waals surface area contributed by atoms with E-state index in [1.807, 2.05) is 0 Å². The van der Waals surface area contributed by atoms with E-state index in [-0.39, 0.29) is 18.9 Å². The summed E-state index contributed by atoms with van der Waals surface area (Å²) in [5.41, 5.74) is 5.07. The summed E-state index contributed by atoms with van der Waals surface area (Å²) in [6, 6.07) is 0.515. The van der Waals surface area contributed by atoms with Crippen molar-refractivity contribution in [1.82, 2.24) is 5.32 Å². The lowest BCUT2D eigenvalue weighted by atomic mass is 10.3. The van der Waals surface area contributed by atoms with E-state index in [9.17, 15) is 9.59 Å². The zero-order valence-corrected chi connectivity index (χ0v) is 11.4. The van der Waals surface area contributed by atoms with Gasteiger partial charge in [-0.2, -0.15) is 0 Å². The fourth-order valence-electron chi connectivity index (χ4n) is 1.29. The van der Waals surface area contributed by atoms with Crippen LogP contribution in [0.1, 0.15) is 12.8 Å². The molecule has 0 saturated heterocycles. The van der Waals surface area contributed by atoms with Gasteiger partial charge in [0.2, 0.25) is 11.8 Å². The van der Waals surface area contributed by atoms with Gasteiger partial charge >= 0.3 is 8.80 Å². The molecule has 0 fully saturated rings. The highest BCUT2D eigenvalue weighted by atomic mass is 28.4. The highest BCUT2D eigenvalue weighted by molar-refractivity contribution is 6.60. The van der Waals surface area contributed by atoms with Gasteiger partial charge in [-0.15, -0.1) is 0 Å². The number of carbonyl (C=O) groups excluding carboxylic acids is 2. The number of amides is 2. The second-order valence-corrected chi connectivity index (χ2v) is 6.42. The SMILES string of the molecule is CO[Si](CCCC(=O)NC(=O)CN)(OC)OC. The van der Waals surface area contributed by atoms with E-state index in [4.69, 9.17) is 19.0 Å². The average Bonchev–Trinajstić information content (AvgIpc) is 2.35. The lowest BCUT2D eigenvalue weighted by molar-refractivity contribution is -0.129. The Hall–Kier alpha value is -0.803. The maximum Gasteiger partial charge on any atom is 0.500 e. The maximum absolute atomic E-state index is 11.3. The van der Waals surface area contributed by atoms with Crippen molar-refractivity contribution < 1.29 is 22.9 Å². The van der Waals surface area contributed by atoms with Crippen LogP contribution in [0.25, 0.3) is 0 Å². The van der Waals surface area contributed by atoms with Crippen LogP contribution in [0.2, 0.25) is 6.04 Å². The fraction of sp³-hybridized carbons (Fsp3) is 0.778. The predicted octanol–water partition coefficient (Wildman–Crippen LogP) is -0.754. The normalized spacial score (nSPS) is 11.3. The Labute approximate surface area is 102 Å². The third-order valence-corrected chi connectivity index (χ3v) is 5.12. The first-order chi connectivity index (χ1) is 8.03. The number of carbonyl (C=O) groups is 2. The smallest absolute Gasteiger partial charge is 0.377 e. The molecule has 0 heterocycles. The summed E-state index contributed by atoms with van der Waals surface area (Å²) >= 11 is 0. The maximum atomic E-state index is 11.3. The molecule has 0 saturated carbocycles. The molecule has 3 N–H and O–H groups in total. The molecule has 0 aliphatic heterocycles. The lowest BCUT2D eigenvalue weighted by Gasteiger charge is -2.23. The molecule has 7 nitrogen and oxygen atoms in total. The minimum absolute atomic E-state index is 0.196. The topological polar surface area (TPSA) is 99.9 Å². The molecule has 0 aliphatic rings. The Morgan fingerprint density at radius 1 is 1.12 bits per heavy atom. The van der Waals surface area contributed by atoms with Crippen molar-refractivity contribution in [2.24, 2.45) is 5.73 Å². The quantitative estimate of drug-likeness (QED) is 0.559. The lowest BCUT2D eigenvalue weighted by Crippen LogP contribution is -2.43. The average molecular weight is 264 g/mol. The summed E-state index contributed by atoms with van der Waals surface area (Å²) < 4.78 is 15.6. The number of nitrogens with two attached hydrogens (primary N) is 1. The van der Waals surface area contributed by atoms with Crippen LogP contribution in [0, 0.1) is 0 Å². The summed E-state index contributed by atoms with van der Waals surface area (Å²) in [5.74, 6) is -0.838. The Bertz CT molecular complexity index is 250. The number of hydrogen-bond donors (Lipinski definition) is 2. The molecular weight excluding hydrogens is 244 g/mol. The molecule has 0 aromatic rings. The first kappa shape index (κ1) is 16.2. The Morgan fingerprint density at radius 2 is 1.65 bits per heavy atom. The van der Waals surface area contributed by atoms with Crippen molar-refractivity contribution in [3.05, 3.63) is 0 Å². The van der Waals surface area contributed by atoms with Crippen LogP contribution < -0.4 is 11.1 Å². The van der Waals surface area contributed by atoms with Crippen molar-refractivity contribution in [3.8, 4) is 0 Å². The summed E-state index contributed by atoms with van der Waals surface area (Å²) in [5, 5.41) is 2.16. The highest BCUT2D eigenvalue weighted by Gasteiger charge is 2.37. The van der Waals surface area contributed by atoms with Crippen LogP contribution in [0.15, 0.2) is 0 Å². The van der Waals surface area contributed by atoms with Gasteiger partial charge in [0.15, 0.2) is 0 Å². The summed E-state index contributed by atoms with van der Waals surface area (Å²) in [6.07, 6.45) is 0.724. The zero-order chi connectivity index (χ0) is 13.3. The van der Waals surface area contributed by atoms with Gasteiger partial charge in [-0.1, -0.05) is 0 Å². The first-order valence-corrected chi connectivity index (χ1v) is 7.15. The van der Waals surface area contributed by atoms with Gasteiger partial charge < -0.3 is 19.0 Å². The van der Waals surface area contributed by atoms with Crippen LogP contribution in [0.5, 0.6) is 0 Å². The van der Waals surface area contributed by atoms with E-state index in [0.29, 0.717) is 12.5 Å². The Balaban J connectivity index is 3.96. The van der Waals surface area contributed by atoms with Crippen LogP contribution in [0.3, 0.4) is 0 Å². The molecule has 0 aromatic heterocycles. The standard InChI is InChI=1S/C9H20N2O5Si/c1-14-17(15-2,16-3)6-4-5-8(12)11-9(13)7-10/h4-7,10H2,1-3H3,(H,11,12,13).